The fourth-order valence-corrected chi connectivity index (χ4v) is 6.08. The number of amides is 1. The Bertz CT molecular complexity index is 1120. The minimum absolute atomic E-state index is 0.383. The maximum absolute atomic E-state index is 13.0. The molecule has 3 heteroatoms. The van der Waals surface area contributed by atoms with Gasteiger partial charge in [-0.05, 0) is 70.7 Å². The monoisotopic (exact) mass is 412 g/mol. The Morgan fingerprint density at radius 3 is 2.45 bits per heavy atom. The number of benzene rings is 3. The molecule has 1 aliphatic heterocycles. The van der Waals surface area contributed by atoms with Crippen molar-refractivity contribution in [1.29, 1.82) is 0 Å². The van der Waals surface area contributed by atoms with Crippen molar-refractivity contribution in [3.63, 3.8) is 0 Å². The number of piperazine rings is 1. The molecule has 3 aromatic rings. The Balaban J connectivity index is 1.14. The van der Waals surface area contributed by atoms with Crippen LogP contribution >= 0.6 is 0 Å². The molecule has 0 spiro atoms. The molecule has 2 fully saturated rings. The summed E-state index contributed by atoms with van der Waals surface area (Å²) in [7, 11) is 0. The van der Waals surface area contributed by atoms with Gasteiger partial charge in [0.15, 0.2) is 0 Å². The summed E-state index contributed by atoms with van der Waals surface area (Å²) in [5.41, 5.74) is 2.97. The molecule has 1 unspecified atom stereocenters. The number of hydrogen-bond donors (Lipinski definition) is 0. The number of hydrogen-bond acceptors (Lipinski definition) is 2. The number of nitrogens with zero attached hydrogens (tertiary/aromatic N) is 2. The van der Waals surface area contributed by atoms with E-state index >= 15 is 0 Å². The third-order valence-corrected chi connectivity index (χ3v) is 8.17. The van der Waals surface area contributed by atoms with E-state index < -0.39 is 0 Å². The lowest BCUT2D eigenvalue weighted by atomic mass is 9.79. The molecule has 0 bridgehead atoms. The lowest BCUT2D eigenvalue weighted by Gasteiger charge is -2.43. The predicted octanol–water partition coefficient (Wildman–Crippen LogP) is 5.18. The van der Waals surface area contributed by atoms with Gasteiger partial charge in [-0.3, -0.25) is 9.69 Å². The van der Waals surface area contributed by atoms with Crippen molar-refractivity contribution in [1.82, 2.24) is 9.80 Å². The van der Waals surface area contributed by atoms with E-state index in [4.69, 9.17) is 0 Å². The van der Waals surface area contributed by atoms with Gasteiger partial charge in [-0.2, -0.15) is 0 Å². The Hall–Kier alpha value is -2.39. The summed E-state index contributed by atoms with van der Waals surface area (Å²) in [6.45, 7) is 4.00. The van der Waals surface area contributed by atoms with Crippen molar-refractivity contribution >= 4 is 27.5 Å². The summed E-state index contributed by atoms with van der Waals surface area (Å²) in [4.78, 5) is 17.8. The van der Waals surface area contributed by atoms with Crippen molar-refractivity contribution in [3.8, 4) is 0 Å². The first-order chi connectivity index (χ1) is 15.3. The van der Waals surface area contributed by atoms with Gasteiger partial charge in [0.25, 0.3) is 0 Å². The minimum atomic E-state index is 0.383. The third-order valence-electron chi connectivity index (χ3n) is 8.17. The van der Waals surface area contributed by atoms with Crippen molar-refractivity contribution in [2.24, 2.45) is 5.92 Å². The highest BCUT2D eigenvalue weighted by Crippen LogP contribution is 2.36. The average molecular weight is 413 g/mol. The smallest absolute Gasteiger partial charge is 0.222 e. The summed E-state index contributed by atoms with van der Waals surface area (Å²) >= 11 is 0. The minimum Gasteiger partial charge on any atom is -0.340 e. The van der Waals surface area contributed by atoms with Gasteiger partial charge < -0.3 is 4.90 Å². The first-order valence-corrected chi connectivity index (χ1v) is 12.2. The number of rotatable bonds is 3. The number of carbonyl (C=O) groups excluding carboxylic acids is 1. The van der Waals surface area contributed by atoms with Crippen LogP contribution < -0.4 is 0 Å². The van der Waals surface area contributed by atoms with Crippen LogP contribution in [0.25, 0.3) is 21.5 Å². The molecule has 1 amide bonds. The van der Waals surface area contributed by atoms with Crippen LogP contribution in [-0.4, -0.2) is 47.9 Å². The Kier molecular flexibility index (Phi) is 4.95. The van der Waals surface area contributed by atoms with Crippen molar-refractivity contribution in [3.05, 3.63) is 59.7 Å². The molecule has 0 N–H and O–H groups in total. The van der Waals surface area contributed by atoms with Crippen LogP contribution in [0.15, 0.2) is 48.5 Å². The number of carbonyl (C=O) groups is 1. The molecule has 3 aromatic carbocycles. The van der Waals surface area contributed by atoms with Crippen LogP contribution in [-0.2, 0) is 17.6 Å². The first kappa shape index (κ1) is 19.3. The predicted molar refractivity (Wildman–Crippen MR) is 127 cm³/mol. The highest BCUT2D eigenvalue weighted by Gasteiger charge is 2.30. The summed E-state index contributed by atoms with van der Waals surface area (Å²) in [5, 5.41) is 5.44. The summed E-state index contributed by atoms with van der Waals surface area (Å²) in [6, 6.07) is 18.7. The Morgan fingerprint density at radius 1 is 0.839 bits per heavy atom. The molecule has 0 radical (unpaired) electrons. The zero-order chi connectivity index (χ0) is 20.8. The van der Waals surface area contributed by atoms with Gasteiger partial charge in [-0.25, -0.2) is 0 Å². The van der Waals surface area contributed by atoms with E-state index in [0.717, 1.165) is 57.9 Å². The van der Waals surface area contributed by atoms with E-state index in [1.165, 1.54) is 51.9 Å². The maximum atomic E-state index is 13.0. The van der Waals surface area contributed by atoms with E-state index in [0.29, 0.717) is 11.8 Å². The van der Waals surface area contributed by atoms with Crippen LogP contribution in [0.3, 0.4) is 0 Å². The molecular formula is C28H32N2O. The molecule has 3 nitrogen and oxygen atoms in total. The summed E-state index contributed by atoms with van der Waals surface area (Å²) < 4.78 is 0. The normalized spacial score (nSPS) is 22.5. The molecule has 1 atom stereocenters. The van der Waals surface area contributed by atoms with Gasteiger partial charge in [0.1, 0.15) is 0 Å². The number of fused-ring (bicyclic) bond motifs is 5. The van der Waals surface area contributed by atoms with Gasteiger partial charge in [0, 0.05) is 38.6 Å². The highest BCUT2D eigenvalue weighted by molar-refractivity contribution is 6.08. The van der Waals surface area contributed by atoms with E-state index in [1.54, 1.807) is 0 Å². The first-order valence-electron chi connectivity index (χ1n) is 12.2. The SMILES string of the molecule is O=C(CC1CCc2c(ccc3c2ccc2ccccc23)C1)N1CCN(C2CCC2)CC1. The van der Waals surface area contributed by atoms with Crippen LogP contribution in [0.5, 0.6) is 0 Å². The molecule has 31 heavy (non-hydrogen) atoms. The zero-order valence-electron chi connectivity index (χ0n) is 18.4. The van der Waals surface area contributed by atoms with Crippen molar-refractivity contribution < 1.29 is 4.79 Å². The maximum Gasteiger partial charge on any atom is 0.222 e. The van der Waals surface area contributed by atoms with Gasteiger partial charge >= 0.3 is 0 Å². The van der Waals surface area contributed by atoms with Gasteiger partial charge in [0.05, 0.1) is 0 Å². The second-order valence-corrected chi connectivity index (χ2v) is 9.90. The lowest BCUT2D eigenvalue weighted by Crippen LogP contribution is -2.53. The van der Waals surface area contributed by atoms with Crippen LogP contribution in [0.2, 0.25) is 0 Å². The topological polar surface area (TPSA) is 23.6 Å². The molecule has 1 saturated carbocycles. The van der Waals surface area contributed by atoms with Crippen molar-refractivity contribution in [2.45, 2.75) is 51.0 Å². The molecular weight excluding hydrogens is 380 g/mol. The summed E-state index contributed by atoms with van der Waals surface area (Å²) in [6.07, 6.45) is 8.11. The molecule has 6 rings (SSSR count). The second kappa shape index (κ2) is 7.94. The fraction of sp³-hybridized carbons (Fsp3) is 0.464. The zero-order valence-corrected chi connectivity index (χ0v) is 18.4. The van der Waals surface area contributed by atoms with Crippen LogP contribution in [0.4, 0.5) is 0 Å². The van der Waals surface area contributed by atoms with E-state index in [9.17, 15) is 4.79 Å². The molecule has 1 heterocycles. The largest absolute Gasteiger partial charge is 0.340 e. The quantitative estimate of drug-likeness (QED) is 0.553. The average Bonchev–Trinajstić information content (AvgIpc) is 2.78. The summed E-state index contributed by atoms with van der Waals surface area (Å²) in [5.74, 6) is 0.871. The Labute approximate surface area is 185 Å². The van der Waals surface area contributed by atoms with E-state index in [1.807, 2.05) is 0 Å². The second-order valence-electron chi connectivity index (χ2n) is 9.90. The fourth-order valence-electron chi connectivity index (χ4n) is 6.08. The highest BCUT2D eigenvalue weighted by atomic mass is 16.2. The molecule has 1 saturated heterocycles. The third kappa shape index (κ3) is 3.53. The van der Waals surface area contributed by atoms with Crippen molar-refractivity contribution in [2.75, 3.05) is 26.2 Å². The molecule has 3 aliphatic rings. The molecule has 160 valence electrons. The van der Waals surface area contributed by atoms with Gasteiger partial charge in [-0.1, -0.05) is 55.0 Å². The van der Waals surface area contributed by atoms with Crippen LogP contribution in [0.1, 0.15) is 43.2 Å². The lowest BCUT2D eigenvalue weighted by molar-refractivity contribution is -0.134. The Morgan fingerprint density at radius 2 is 1.65 bits per heavy atom. The number of aryl methyl sites for hydroxylation is 1. The molecule has 2 aliphatic carbocycles. The molecule has 0 aromatic heterocycles. The van der Waals surface area contributed by atoms with Gasteiger partial charge in [0.2, 0.25) is 5.91 Å². The standard InChI is InChI=1S/C28H32N2O/c31-28(30-16-14-29(15-17-30)23-5-3-6-23)19-20-8-11-25-22(18-20)10-13-26-24-7-2-1-4-21(24)9-12-27(25)26/h1-2,4,7,9-10,12-13,20,23H,3,5-6,8,11,14-19H2. The van der Waals surface area contributed by atoms with E-state index in [-0.39, 0.29) is 0 Å². The van der Waals surface area contributed by atoms with Gasteiger partial charge in [-0.15, -0.1) is 0 Å². The van der Waals surface area contributed by atoms with E-state index in [2.05, 4.69) is 58.3 Å². The van der Waals surface area contributed by atoms with Crippen LogP contribution in [0, 0.1) is 5.92 Å².